The summed E-state index contributed by atoms with van der Waals surface area (Å²) in [4.78, 5) is 29.4. The Morgan fingerprint density at radius 1 is 0.931 bits per heavy atom. The molecule has 3 aromatic rings. The largest absolute Gasteiger partial charge is 0.324 e. The molecule has 0 bridgehead atoms. The fraction of sp³-hybridized carbons (Fsp3) is 0.200. The minimum Gasteiger partial charge on any atom is -0.324 e. The van der Waals surface area contributed by atoms with Crippen LogP contribution in [0.2, 0.25) is 0 Å². The Morgan fingerprint density at radius 2 is 1.55 bits per heavy atom. The average molecular weight is 382 g/mol. The predicted octanol–water partition coefficient (Wildman–Crippen LogP) is 4.06. The van der Waals surface area contributed by atoms with E-state index in [1.54, 1.807) is 0 Å². The number of nitrogens with zero attached hydrogens (tertiary/aromatic N) is 1. The lowest BCUT2D eigenvalue weighted by Gasteiger charge is -2.35. The highest BCUT2D eigenvalue weighted by Crippen LogP contribution is 2.55. The Morgan fingerprint density at radius 3 is 2.28 bits per heavy atom. The van der Waals surface area contributed by atoms with Gasteiger partial charge in [-0.25, -0.2) is 0 Å². The summed E-state index contributed by atoms with van der Waals surface area (Å²) in [5, 5.41) is 3.04. The van der Waals surface area contributed by atoms with Crippen molar-refractivity contribution in [3.8, 4) is 0 Å². The number of Topliss-reactive ketones (excluding diaryl/α,β-unsaturated/α-hetero) is 1. The molecule has 4 nitrogen and oxygen atoms in total. The summed E-state index contributed by atoms with van der Waals surface area (Å²) in [5.41, 5.74) is 2.40. The topological polar surface area (TPSA) is 49.4 Å². The van der Waals surface area contributed by atoms with E-state index >= 15 is 0 Å². The van der Waals surface area contributed by atoms with E-state index in [4.69, 9.17) is 0 Å². The van der Waals surface area contributed by atoms with Crippen LogP contribution in [0.25, 0.3) is 0 Å². The summed E-state index contributed by atoms with van der Waals surface area (Å²) in [6, 6.07) is 27.1. The first-order valence-corrected chi connectivity index (χ1v) is 9.90. The number of nitrogens with one attached hydrogen (secondary N) is 1. The first-order chi connectivity index (χ1) is 14.1. The number of fused-ring (bicyclic) bond motifs is 2. The van der Waals surface area contributed by atoms with E-state index in [0.717, 1.165) is 16.8 Å². The van der Waals surface area contributed by atoms with Crippen molar-refractivity contribution >= 4 is 17.4 Å². The SMILES string of the molecule is CN1C[C@H](c2ccccc2)[C@H](C(=O)c2ccccc2)[C@@]12C(=O)Nc1ccccc12. The van der Waals surface area contributed by atoms with Crippen LogP contribution in [0.5, 0.6) is 0 Å². The summed E-state index contributed by atoms with van der Waals surface area (Å²) >= 11 is 0. The van der Waals surface area contributed by atoms with Crippen molar-refractivity contribution in [2.75, 3.05) is 18.9 Å². The molecule has 0 aliphatic carbocycles. The van der Waals surface area contributed by atoms with Crippen LogP contribution in [0.3, 0.4) is 0 Å². The van der Waals surface area contributed by atoms with Crippen LogP contribution in [-0.4, -0.2) is 30.2 Å². The zero-order valence-corrected chi connectivity index (χ0v) is 16.2. The number of rotatable bonds is 3. The molecule has 5 rings (SSSR count). The first-order valence-electron chi connectivity index (χ1n) is 9.90. The number of carbonyl (C=O) groups is 2. The molecule has 2 heterocycles. The molecule has 0 radical (unpaired) electrons. The number of hydrogen-bond acceptors (Lipinski definition) is 3. The van der Waals surface area contributed by atoms with E-state index in [1.807, 2.05) is 79.8 Å². The number of likely N-dealkylation sites (N-methyl/N-ethyl adjacent to an activating group) is 1. The fourth-order valence-corrected chi connectivity index (χ4v) is 5.18. The smallest absolute Gasteiger partial charge is 0.250 e. The molecule has 1 saturated heterocycles. The van der Waals surface area contributed by atoms with Crippen molar-refractivity contribution in [3.05, 3.63) is 102 Å². The molecule has 0 saturated carbocycles. The van der Waals surface area contributed by atoms with Gasteiger partial charge in [-0.1, -0.05) is 78.9 Å². The van der Waals surface area contributed by atoms with Crippen molar-refractivity contribution in [2.24, 2.45) is 5.92 Å². The lowest BCUT2D eigenvalue weighted by Crippen LogP contribution is -2.51. The van der Waals surface area contributed by atoms with E-state index in [-0.39, 0.29) is 17.6 Å². The standard InChI is InChI=1S/C25H22N2O2/c1-27-16-19(17-10-4-2-5-11-17)22(23(28)18-12-6-3-7-13-18)25(27)20-14-8-9-15-21(20)26-24(25)29/h2-15,19,22H,16H2,1H3,(H,26,29)/t19-,22-,25+/m1/s1. The van der Waals surface area contributed by atoms with Crippen molar-refractivity contribution in [3.63, 3.8) is 0 Å². The van der Waals surface area contributed by atoms with Crippen LogP contribution in [0, 0.1) is 5.92 Å². The normalized spacial score (nSPS) is 25.8. The third kappa shape index (κ3) is 2.49. The Balaban J connectivity index is 1.74. The lowest BCUT2D eigenvalue weighted by atomic mass is 9.70. The van der Waals surface area contributed by atoms with Gasteiger partial charge < -0.3 is 5.32 Å². The van der Waals surface area contributed by atoms with Crippen LogP contribution >= 0.6 is 0 Å². The second-order valence-electron chi connectivity index (χ2n) is 7.87. The molecule has 4 heteroatoms. The maximum absolute atomic E-state index is 13.9. The van der Waals surface area contributed by atoms with Crippen LogP contribution in [0.15, 0.2) is 84.9 Å². The van der Waals surface area contributed by atoms with E-state index in [2.05, 4.69) is 22.3 Å². The Labute approximate surface area is 170 Å². The highest BCUT2D eigenvalue weighted by atomic mass is 16.2. The van der Waals surface area contributed by atoms with Crippen molar-refractivity contribution in [1.29, 1.82) is 0 Å². The molecule has 3 aromatic carbocycles. The molecule has 2 aliphatic heterocycles. The third-order valence-electron chi connectivity index (χ3n) is 6.43. The molecule has 1 amide bonds. The monoisotopic (exact) mass is 382 g/mol. The highest BCUT2D eigenvalue weighted by Gasteiger charge is 2.64. The number of anilines is 1. The predicted molar refractivity (Wildman–Crippen MR) is 113 cm³/mol. The molecule has 144 valence electrons. The van der Waals surface area contributed by atoms with Gasteiger partial charge in [0.25, 0.3) is 0 Å². The van der Waals surface area contributed by atoms with Crippen molar-refractivity contribution in [1.82, 2.24) is 4.90 Å². The molecule has 2 aliphatic rings. The van der Waals surface area contributed by atoms with Gasteiger partial charge in [0, 0.05) is 29.3 Å². The number of para-hydroxylation sites is 1. The number of amides is 1. The minimum absolute atomic E-state index is 0.00987. The van der Waals surface area contributed by atoms with Gasteiger partial charge in [-0.2, -0.15) is 0 Å². The average Bonchev–Trinajstić information content (AvgIpc) is 3.24. The molecule has 1 fully saturated rings. The summed E-state index contributed by atoms with van der Waals surface area (Å²) < 4.78 is 0. The molecule has 3 atom stereocenters. The summed E-state index contributed by atoms with van der Waals surface area (Å²) in [6.07, 6.45) is 0. The lowest BCUT2D eigenvalue weighted by molar-refractivity contribution is -0.126. The zero-order valence-electron chi connectivity index (χ0n) is 16.2. The Bertz CT molecular complexity index is 1080. The zero-order chi connectivity index (χ0) is 20.0. The first kappa shape index (κ1) is 17.8. The van der Waals surface area contributed by atoms with Crippen molar-refractivity contribution in [2.45, 2.75) is 11.5 Å². The number of hydrogen-bond donors (Lipinski definition) is 1. The van der Waals surface area contributed by atoms with Gasteiger partial charge in [-0.05, 0) is 18.7 Å². The summed E-state index contributed by atoms with van der Waals surface area (Å²) in [5.74, 6) is -0.698. The molecule has 0 aromatic heterocycles. The number of carbonyl (C=O) groups excluding carboxylic acids is 2. The minimum atomic E-state index is -1.01. The molecule has 0 unspecified atom stereocenters. The number of ketones is 1. The van der Waals surface area contributed by atoms with Gasteiger partial charge in [0.05, 0.1) is 5.92 Å². The van der Waals surface area contributed by atoms with Gasteiger partial charge in [0.1, 0.15) is 5.54 Å². The van der Waals surface area contributed by atoms with Gasteiger partial charge in [-0.15, -0.1) is 0 Å². The van der Waals surface area contributed by atoms with Crippen LogP contribution in [-0.2, 0) is 10.3 Å². The second kappa shape index (κ2) is 6.68. The van der Waals surface area contributed by atoms with Gasteiger partial charge >= 0.3 is 0 Å². The molecular formula is C25H22N2O2. The summed E-state index contributed by atoms with van der Waals surface area (Å²) in [7, 11) is 1.95. The highest BCUT2D eigenvalue weighted by molar-refractivity contribution is 6.12. The Kier molecular flexibility index (Phi) is 4.10. The molecule has 1 spiro atoms. The number of likely N-dealkylation sites (tertiary alicyclic amines) is 1. The van der Waals surface area contributed by atoms with Crippen molar-refractivity contribution < 1.29 is 9.59 Å². The maximum Gasteiger partial charge on any atom is 0.250 e. The Hall–Kier alpha value is -3.24. The van der Waals surface area contributed by atoms with Crippen LogP contribution in [0.4, 0.5) is 5.69 Å². The second-order valence-corrected chi connectivity index (χ2v) is 7.87. The van der Waals surface area contributed by atoms with Gasteiger partial charge in [0.15, 0.2) is 5.78 Å². The van der Waals surface area contributed by atoms with Crippen LogP contribution < -0.4 is 5.32 Å². The van der Waals surface area contributed by atoms with E-state index < -0.39 is 11.5 Å². The van der Waals surface area contributed by atoms with E-state index in [0.29, 0.717) is 12.1 Å². The van der Waals surface area contributed by atoms with Gasteiger partial charge in [-0.3, -0.25) is 14.5 Å². The number of benzene rings is 3. The molecular weight excluding hydrogens is 360 g/mol. The quantitative estimate of drug-likeness (QED) is 0.695. The maximum atomic E-state index is 13.9. The molecule has 29 heavy (non-hydrogen) atoms. The van der Waals surface area contributed by atoms with E-state index in [1.165, 1.54) is 0 Å². The van der Waals surface area contributed by atoms with Gasteiger partial charge in [0.2, 0.25) is 5.91 Å². The van der Waals surface area contributed by atoms with E-state index in [9.17, 15) is 9.59 Å². The third-order valence-corrected chi connectivity index (χ3v) is 6.43. The summed E-state index contributed by atoms with van der Waals surface area (Å²) in [6.45, 7) is 0.634. The molecule has 1 N–H and O–H groups in total. The fourth-order valence-electron chi connectivity index (χ4n) is 5.18. The van der Waals surface area contributed by atoms with Crippen LogP contribution in [0.1, 0.15) is 27.4 Å².